The smallest absolute Gasteiger partial charge is 0.325 e. The van der Waals surface area contributed by atoms with Crippen molar-refractivity contribution in [3.8, 4) is 0 Å². The number of hydrogen-bond donors (Lipinski definition) is 2. The van der Waals surface area contributed by atoms with Crippen LogP contribution in [-0.4, -0.2) is 29.3 Å². The van der Waals surface area contributed by atoms with Crippen LogP contribution in [0.4, 0.5) is 4.79 Å². The number of benzene rings is 3. The number of amides is 4. The van der Waals surface area contributed by atoms with E-state index in [0.29, 0.717) is 5.56 Å². The highest BCUT2D eigenvalue weighted by atomic mass is 16.2. The minimum absolute atomic E-state index is 0.232. The largest absolute Gasteiger partial charge is 0.348 e. The summed E-state index contributed by atoms with van der Waals surface area (Å²) in [5, 5.41) is 7.50. The Morgan fingerprint density at radius 1 is 1.00 bits per heavy atom. The fourth-order valence-corrected chi connectivity index (χ4v) is 3.94. The van der Waals surface area contributed by atoms with Gasteiger partial charge in [-0.05, 0) is 35.7 Å². The molecule has 4 amide bonds. The second kappa shape index (κ2) is 7.63. The molecule has 6 heteroatoms. The predicted octanol–water partition coefficient (Wildman–Crippen LogP) is 3.48. The Balaban J connectivity index is 1.54. The van der Waals surface area contributed by atoms with Gasteiger partial charge in [0.1, 0.15) is 12.1 Å². The predicted molar refractivity (Wildman–Crippen MR) is 115 cm³/mol. The van der Waals surface area contributed by atoms with Gasteiger partial charge in [-0.25, -0.2) is 4.79 Å². The van der Waals surface area contributed by atoms with Gasteiger partial charge in [0.05, 0.1) is 6.04 Å². The van der Waals surface area contributed by atoms with Crippen LogP contribution in [0.5, 0.6) is 0 Å². The summed E-state index contributed by atoms with van der Waals surface area (Å²) >= 11 is 0. The molecule has 6 nitrogen and oxygen atoms in total. The second-order valence-corrected chi connectivity index (χ2v) is 7.67. The molecule has 1 aliphatic rings. The zero-order chi connectivity index (χ0) is 21.3. The van der Waals surface area contributed by atoms with Gasteiger partial charge in [0.25, 0.3) is 5.91 Å². The van der Waals surface area contributed by atoms with E-state index in [0.717, 1.165) is 21.2 Å². The van der Waals surface area contributed by atoms with Crippen molar-refractivity contribution in [1.82, 2.24) is 15.5 Å². The van der Waals surface area contributed by atoms with Gasteiger partial charge in [-0.3, -0.25) is 14.5 Å². The molecule has 4 rings (SSSR count). The first-order valence-corrected chi connectivity index (χ1v) is 9.87. The van der Waals surface area contributed by atoms with E-state index in [1.807, 2.05) is 79.7 Å². The third-order valence-electron chi connectivity index (χ3n) is 5.58. The Hall–Kier alpha value is -3.67. The van der Waals surface area contributed by atoms with E-state index in [1.54, 1.807) is 6.92 Å². The van der Waals surface area contributed by atoms with Crippen LogP contribution in [0.2, 0.25) is 0 Å². The van der Waals surface area contributed by atoms with Crippen molar-refractivity contribution in [2.24, 2.45) is 0 Å². The van der Waals surface area contributed by atoms with Gasteiger partial charge in [-0.15, -0.1) is 0 Å². The van der Waals surface area contributed by atoms with Crippen molar-refractivity contribution in [2.45, 2.75) is 25.4 Å². The average molecular weight is 401 g/mol. The summed E-state index contributed by atoms with van der Waals surface area (Å²) < 4.78 is 0. The minimum atomic E-state index is -1.23. The standard InChI is InChI=1S/C24H23N3O3/c1-16(17-9-4-3-5-10-17)25-21(28)15-27-22(29)24(2,26-23(27)30)20-14-8-12-18-11-6-7-13-19(18)20/h3-14,16H,15H2,1-2H3,(H,25,28)(H,26,30)/t16-,24+/m1/s1. The molecule has 0 spiro atoms. The van der Waals surface area contributed by atoms with Crippen LogP contribution < -0.4 is 10.6 Å². The van der Waals surface area contributed by atoms with Crippen molar-refractivity contribution in [1.29, 1.82) is 0 Å². The Labute approximate surface area is 174 Å². The maximum Gasteiger partial charge on any atom is 0.325 e. The first-order valence-electron chi connectivity index (χ1n) is 9.87. The Kier molecular flexibility index (Phi) is 4.99. The summed E-state index contributed by atoms with van der Waals surface area (Å²) in [5.41, 5.74) is 0.423. The molecule has 1 fully saturated rings. The van der Waals surface area contributed by atoms with Gasteiger partial charge in [0.15, 0.2) is 0 Å². The summed E-state index contributed by atoms with van der Waals surface area (Å²) in [6.45, 7) is 3.21. The van der Waals surface area contributed by atoms with Crippen LogP contribution in [0, 0.1) is 0 Å². The molecule has 0 bridgehead atoms. The zero-order valence-electron chi connectivity index (χ0n) is 16.9. The lowest BCUT2D eigenvalue weighted by atomic mass is 9.88. The molecule has 30 heavy (non-hydrogen) atoms. The maximum absolute atomic E-state index is 13.2. The molecule has 3 aromatic carbocycles. The van der Waals surface area contributed by atoms with Crippen molar-refractivity contribution in [3.05, 3.63) is 83.9 Å². The van der Waals surface area contributed by atoms with Gasteiger partial charge < -0.3 is 10.6 Å². The number of urea groups is 1. The number of carbonyl (C=O) groups excluding carboxylic acids is 3. The van der Waals surface area contributed by atoms with Gasteiger partial charge in [0, 0.05) is 0 Å². The van der Waals surface area contributed by atoms with Crippen molar-refractivity contribution >= 4 is 28.6 Å². The molecule has 1 heterocycles. The highest BCUT2D eigenvalue weighted by Gasteiger charge is 2.50. The van der Waals surface area contributed by atoms with Crippen LogP contribution in [-0.2, 0) is 15.1 Å². The topological polar surface area (TPSA) is 78.5 Å². The molecule has 0 unspecified atom stereocenters. The van der Waals surface area contributed by atoms with Crippen LogP contribution in [0.25, 0.3) is 10.8 Å². The Bertz CT molecular complexity index is 1120. The highest BCUT2D eigenvalue weighted by molar-refractivity contribution is 6.10. The minimum Gasteiger partial charge on any atom is -0.348 e. The lowest BCUT2D eigenvalue weighted by Gasteiger charge is -2.24. The van der Waals surface area contributed by atoms with Gasteiger partial charge in [-0.1, -0.05) is 72.8 Å². The first kappa shape index (κ1) is 19.6. The molecule has 3 aromatic rings. The van der Waals surface area contributed by atoms with Crippen LogP contribution >= 0.6 is 0 Å². The average Bonchev–Trinajstić information content (AvgIpc) is 2.97. The van der Waals surface area contributed by atoms with E-state index in [2.05, 4.69) is 10.6 Å². The van der Waals surface area contributed by atoms with Crippen LogP contribution in [0.3, 0.4) is 0 Å². The fraction of sp³-hybridized carbons (Fsp3) is 0.208. The van der Waals surface area contributed by atoms with E-state index in [1.165, 1.54) is 0 Å². The molecular weight excluding hydrogens is 378 g/mol. The normalized spacial score (nSPS) is 19.6. The third-order valence-corrected chi connectivity index (χ3v) is 5.58. The van der Waals surface area contributed by atoms with E-state index in [9.17, 15) is 14.4 Å². The number of carbonyl (C=O) groups is 3. The summed E-state index contributed by atoms with van der Waals surface area (Å²) in [6, 6.07) is 22.1. The van der Waals surface area contributed by atoms with E-state index in [4.69, 9.17) is 0 Å². The molecule has 1 aliphatic heterocycles. The van der Waals surface area contributed by atoms with E-state index in [-0.39, 0.29) is 12.6 Å². The lowest BCUT2D eigenvalue weighted by Crippen LogP contribution is -2.43. The van der Waals surface area contributed by atoms with Gasteiger partial charge in [-0.2, -0.15) is 0 Å². The van der Waals surface area contributed by atoms with Gasteiger partial charge >= 0.3 is 6.03 Å². The molecule has 1 saturated heterocycles. The Morgan fingerprint density at radius 2 is 1.67 bits per heavy atom. The third kappa shape index (κ3) is 3.41. The molecule has 2 N–H and O–H groups in total. The number of rotatable bonds is 5. The molecule has 0 aliphatic carbocycles. The number of nitrogens with one attached hydrogen (secondary N) is 2. The summed E-state index contributed by atoms with van der Waals surface area (Å²) in [6.07, 6.45) is 0. The van der Waals surface area contributed by atoms with Gasteiger partial charge in [0.2, 0.25) is 5.91 Å². The first-order chi connectivity index (χ1) is 14.4. The maximum atomic E-state index is 13.2. The summed E-state index contributed by atoms with van der Waals surface area (Å²) in [4.78, 5) is 39.4. The van der Waals surface area contributed by atoms with Crippen molar-refractivity contribution < 1.29 is 14.4 Å². The number of nitrogens with zero attached hydrogens (tertiary/aromatic N) is 1. The molecule has 0 saturated carbocycles. The number of fused-ring (bicyclic) bond motifs is 1. The summed E-state index contributed by atoms with van der Waals surface area (Å²) in [7, 11) is 0. The fourth-order valence-electron chi connectivity index (χ4n) is 3.94. The quantitative estimate of drug-likeness (QED) is 0.643. The van der Waals surface area contributed by atoms with E-state index >= 15 is 0 Å². The monoisotopic (exact) mass is 401 g/mol. The molecular formula is C24H23N3O3. The van der Waals surface area contributed by atoms with Crippen LogP contribution in [0.1, 0.15) is 31.0 Å². The molecule has 0 aromatic heterocycles. The lowest BCUT2D eigenvalue weighted by molar-refractivity contribution is -0.135. The highest BCUT2D eigenvalue weighted by Crippen LogP contribution is 2.33. The number of hydrogen-bond acceptors (Lipinski definition) is 3. The molecule has 2 atom stereocenters. The number of imide groups is 1. The molecule has 0 radical (unpaired) electrons. The Morgan fingerprint density at radius 3 is 2.43 bits per heavy atom. The van der Waals surface area contributed by atoms with Crippen LogP contribution in [0.15, 0.2) is 72.8 Å². The van der Waals surface area contributed by atoms with Crippen molar-refractivity contribution in [2.75, 3.05) is 6.54 Å². The van der Waals surface area contributed by atoms with E-state index < -0.39 is 23.4 Å². The second-order valence-electron chi connectivity index (χ2n) is 7.67. The zero-order valence-corrected chi connectivity index (χ0v) is 16.9. The van der Waals surface area contributed by atoms with Crippen molar-refractivity contribution in [3.63, 3.8) is 0 Å². The summed E-state index contributed by atoms with van der Waals surface area (Å²) in [5.74, 6) is -0.830. The molecule has 152 valence electrons. The SMILES string of the molecule is C[C@@H](NC(=O)CN1C(=O)N[C@@](C)(c2cccc3ccccc23)C1=O)c1ccccc1.